The molecule has 3 heterocycles. The third-order valence-electron chi connectivity index (χ3n) is 5.01. The number of hydrogen-bond acceptors (Lipinski definition) is 3. The van der Waals surface area contributed by atoms with Crippen molar-refractivity contribution in [3.63, 3.8) is 0 Å². The molecule has 1 amide bonds. The van der Waals surface area contributed by atoms with Crippen molar-refractivity contribution in [1.29, 1.82) is 0 Å². The van der Waals surface area contributed by atoms with Crippen molar-refractivity contribution < 1.29 is 9.18 Å². The highest BCUT2D eigenvalue weighted by atomic mass is 19.1. The van der Waals surface area contributed by atoms with Crippen LogP contribution in [0.5, 0.6) is 0 Å². The van der Waals surface area contributed by atoms with Crippen molar-refractivity contribution in [1.82, 2.24) is 9.47 Å². The average Bonchev–Trinajstić information content (AvgIpc) is 2.58. The fourth-order valence-electron chi connectivity index (χ4n) is 3.90. The number of aromatic nitrogens is 1. The number of fused-ring (bicyclic) bond motifs is 4. The third kappa shape index (κ3) is 2.38. The second-order valence-corrected chi connectivity index (χ2v) is 6.64. The standard InChI is InChI=1S/C18H18FN3O2/c19-14-3-1-12(2-4-14)17(23)21-8-11-7-13(10-21)16-6-5-15(20)18(24)22(16)9-11/h1-6,11,13H,7-10,20H2/t11-,13+/m0/s1. The van der Waals surface area contributed by atoms with E-state index >= 15 is 0 Å². The lowest BCUT2D eigenvalue weighted by molar-refractivity contribution is 0.0594. The van der Waals surface area contributed by atoms with Crippen LogP contribution in [-0.2, 0) is 6.54 Å². The summed E-state index contributed by atoms with van der Waals surface area (Å²) in [6.45, 7) is 1.76. The summed E-state index contributed by atoms with van der Waals surface area (Å²) in [5, 5.41) is 0. The maximum Gasteiger partial charge on any atom is 0.273 e. The highest BCUT2D eigenvalue weighted by Gasteiger charge is 2.36. The van der Waals surface area contributed by atoms with Gasteiger partial charge < -0.3 is 15.2 Å². The van der Waals surface area contributed by atoms with Crippen LogP contribution in [0.25, 0.3) is 0 Å². The van der Waals surface area contributed by atoms with E-state index in [0.717, 1.165) is 12.1 Å². The normalized spacial score (nSPS) is 22.1. The van der Waals surface area contributed by atoms with E-state index in [1.807, 2.05) is 11.0 Å². The molecule has 4 rings (SSSR count). The Hall–Kier alpha value is -2.63. The van der Waals surface area contributed by atoms with E-state index in [-0.39, 0.29) is 34.8 Å². The zero-order valence-electron chi connectivity index (χ0n) is 13.1. The number of piperidine rings is 1. The summed E-state index contributed by atoms with van der Waals surface area (Å²) < 4.78 is 14.8. The van der Waals surface area contributed by atoms with Gasteiger partial charge in [0.15, 0.2) is 0 Å². The number of carbonyl (C=O) groups is 1. The van der Waals surface area contributed by atoms with Gasteiger partial charge in [-0.15, -0.1) is 0 Å². The van der Waals surface area contributed by atoms with Crippen LogP contribution in [0.1, 0.15) is 28.4 Å². The first kappa shape index (κ1) is 14.9. The molecule has 1 fully saturated rings. The molecule has 0 spiro atoms. The van der Waals surface area contributed by atoms with Crippen LogP contribution < -0.4 is 11.3 Å². The van der Waals surface area contributed by atoms with E-state index in [1.54, 1.807) is 10.6 Å². The number of rotatable bonds is 1. The minimum Gasteiger partial charge on any atom is -0.394 e. The number of pyridine rings is 1. The van der Waals surface area contributed by atoms with E-state index in [2.05, 4.69) is 0 Å². The Morgan fingerprint density at radius 2 is 1.83 bits per heavy atom. The molecular formula is C18H18FN3O2. The Kier molecular flexibility index (Phi) is 3.40. The molecule has 6 heteroatoms. The summed E-state index contributed by atoms with van der Waals surface area (Å²) in [6.07, 6.45) is 0.969. The van der Waals surface area contributed by atoms with Crippen LogP contribution in [0.15, 0.2) is 41.2 Å². The predicted molar refractivity (Wildman–Crippen MR) is 88.3 cm³/mol. The molecule has 2 aliphatic heterocycles. The van der Waals surface area contributed by atoms with Crippen molar-refractivity contribution in [2.45, 2.75) is 18.9 Å². The van der Waals surface area contributed by atoms with Crippen molar-refractivity contribution >= 4 is 11.6 Å². The minimum absolute atomic E-state index is 0.0871. The van der Waals surface area contributed by atoms with Gasteiger partial charge in [-0.1, -0.05) is 0 Å². The first-order chi connectivity index (χ1) is 11.5. The van der Waals surface area contributed by atoms with E-state index in [4.69, 9.17) is 5.73 Å². The van der Waals surface area contributed by atoms with Crippen LogP contribution in [0.4, 0.5) is 10.1 Å². The number of nitrogens with two attached hydrogens (primary N) is 1. The summed E-state index contributed by atoms with van der Waals surface area (Å²) in [5.74, 6) is -0.0701. The zero-order chi connectivity index (χ0) is 16.8. The molecule has 1 aromatic carbocycles. The molecule has 124 valence electrons. The van der Waals surface area contributed by atoms with Crippen LogP contribution in [0, 0.1) is 11.7 Å². The maximum atomic E-state index is 13.0. The maximum absolute atomic E-state index is 13.0. The molecule has 2 aliphatic rings. The van der Waals surface area contributed by atoms with Crippen LogP contribution in [-0.4, -0.2) is 28.5 Å². The number of halogens is 1. The molecule has 2 aromatic rings. The fourth-order valence-corrected chi connectivity index (χ4v) is 3.90. The fraction of sp³-hybridized carbons (Fsp3) is 0.333. The third-order valence-corrected chi connectivity index (χ3v) is 5.01. The molecule has 2 N–H and O–H groups in total. The lowest BCUT2D eigenvalue weighted by atomic mass is 9.83. The first-order valence-electron chi connectivity index (χ1n) is 8.07. The zero-order valence-corrected chi connectivity index (χ0v) is 13.1. The highest BCUT2D eigenvalue weighted by Crippen LogP contribution is 2.35. The molecule has 0 aliphatic carbocycles. The second-order valence-electron chi connectivity index (χ2n) is 6.64. The van der Waals surface area contributed by atoms with Gasteiger partial charge in [0, 0.05) is 36.8 Å². The van der Waals surface area contributed by atoms with Gasteiger partial charge in [0.25, 0.3) is 11.5 Å². The van der Waals surface area contributed by atoms with Gasteiger partial charge >= 0.3 is 0 Å². The molecule has 0 saturated carbocycles. The quantitative estimate of drug-likeness (QED) is 0.869. The SMILES string of the molecule is Nc1ccc2n(c1=O)C[C@H]1C[C@@H]2CN(C(=O)c2ccc(F)cc2)C1. The number of nitrogen functional groups attached to an aromatic ring is 1. The monoisotopic (exact) mass is 327 g/mol. The Morgan fingerprint density at radius 3 is 2.58 bits per heavy atom. The number of amides is 1. The van der Waals surface area contributed by atoms with E-state index in [1.165, 1.54) is 24.3 Å². The first-order valence-corrected chi connectivity index (χ1v) is 8.07. The molecule has 5 nitrogen and oxygen atoms in total. The van der Waals surface area contributed by atoms with Crippen LogP contribution >= 0.6 is 0 Å². The van der Waals surface area contributed by atoms with Gasteiger partial charge in [0.05, 0.1) is 5.69 Å². The Labute approximate surface area is 138 Å². The summed E-state index contributed by atoms with van der Waals surface area (Å²) in [7, 11) is 0. The van der Waals surface area contributed by atoms with E-state index < -0.39 is 0 Å². The Morgan fingerprint density at radius 1 is 1.08 bits per heavy atom. The topological polar surface area (TPSA) is 68.3 Å². The van der Waals surface area contributed by atoms with Crippen molar-refractivity contribution in [2.24, 2.45) is 5.92 Å². The minimum atomic E-state index is -0.354. The number of benzene rings is 1. The second kappa shape index (κ2) is 5.47. The average molecular weight is 327 g/mol. The summed E-state index contributed by atoms with van der Waals surface area (Å²) in [4.78, 5) is 26.7. The number of likely N-dealkylation sites (tertiary alicyclic amines) is 1. The van der Waals surface area contributed by atoms with E-state index in [0.29, 0.717) is 25.2 Å². The number of hydrogen-bond donors (Lipinski definition) is 1. The molecule has 24 heavy (non-hydrogen) atoms. The van der Waals surface area contributed by atoms with Gasteiger partial charge in [-0.25, -0.2) is 4.39 Å². The van der Waals surface area contributed by atoms with Crippen molar-refractivity contribution in [3.8, 4) is 0 Å². The van der Waals surface area contributed by atoms with Gasteiger partial charge in [0.2, 0.25) is 0 Å². The van der Waals surface area contributed by atoms with Gasteiger partial charge in [-0.2, -0.15) is 0 Å². The summed E-state index contributed by atoms with van der Waals surface area (Å²) in [5.41, 5.74) is 7.29. The number of nitrogens with zero attached hydrogens (tertiary/aromatic N) is 2. The molecule has 1 aromatic heterocycles. The van der Waals surface area contributed by atoms with Crippen LogP contribution in [0.2, 0.25) is 0 Å². The van der Waals surface area contributed by atoms with E-state index in [9.17, 15) is 14.0 Å². The summed E-state index contributed by atoms with van der Waals surface area (Å²) >= 11 is 0. The van der Waals surface area contributed by atoms with Gasteiger partial charge in [-0.05, 0) is 48.7 Å². The Balaban J connectivity index is 1.63. The molecule has 0 radical (unpaired) electrons. The van der Waals surface area contributed by atoms with Crippen LogP contribution in [0.3, 0.4) is 0 Å². The number of anilines is 1. The Bertz CT molecular complexity index is 860. The molecule has 1 saturated heterocycles. The summed E-state index contributed by atoms with van der Waals surface area (Å²) in [6, 6.07) is 9.17. The highest BCUT2D eigenvalue weighted by molar-refractivity contribution is 5.94. The van der Waals surface area contributed by atoms with Crippen molar-refractivity contribution in [2.75, 3.05) is 18.8 Å². The lowest BCUT2D eigenvalue weighted by Crippen LogP contribution is -2.49. The molecule has 2 atom stereocenters. The van der Waals surface area contributed by atoms with Gasteiger partial charge in [-0.3, -0.25) is 9.59 Å². The molecular weight excluding hydrogens is 309 g/mol. The van der Waals surface area contributed by atoms with Gasteiger partial charge in [0.1, 0.15) is 5.82 Å². The number of carbonyl (C=O) groups excluding carboxylic acids is 1. The lowest BCUT2D eigenvalue weighted by Gasteiger charge is -2.42. The smallest absolute Gasteiger partial charge is 0.273 e. The molecule has 0 unspecified atom stereocenters. The predicted octanol–water partition coefficient (Wildman–Crippen LogP) is 1.83. The van der Waals surface area contributed by atoms with Crippen molar-refractivity contribution in [3.05, 3.63) is 63.8 Å². The molecule has 2 bridgehead atoms. The largest absolute Gasteiger partial charge is 0.394 e.